The van der Waals surface area contributed by atoms with Crippen molar-refractivity contribution in [2.24, 2.45) is 5.73 Å². The van der Waals surface area contributed by atoms with Crippen molar-refractivity contribution in [3.63, 3.8) is 0 Å². The number of aromatic nitrogens is 3. The highest BCUT2D eigenvalue weighted by Crippen LogP contribution is 2.41. The molecule has 32 heavy (non-hydrogen) atoms. The van der Waals surface area contributed by atoms with Crippen LogP contribution in [0.4, 0.5) is 5.82 Å². The molecule has 162 valence electrons. The first-order chi connectivity index (χ1) is 15.5. The van der Waals surface area contributed by atoms with Gasteiger partial charge in [0.25, 0.3) is 5.91 Å². The molecule has 0 radical (unpaired) electrons. The third-order valence-electron chi connectivity index (χ3n) is 5.24. The van der Waals surface area contributed by atoms with Gasteiger partial charge in [-0.1, -0.05) is 29.5 Å². The number of rotatable bonds is 6. The zero-order chi connectivity index (χ0) is 22.2. The zero-order valence-corrected chi connectivity index (χ0v) is 17.9. The summed E-state index contributed by atoms with van der Waals surface area (Å²) in [5.74, 6) is 0.556. The number of nitrogens with zero attached hydrogens (tertiary/aromatic N) is 3. The molecule has 0 spiro atoms. The number of anilines is 1. The van der Waals surface area contributed by atoms with Gasteiger partial charge in [0.15, 0.2) is 18.1 Å². The second kappa shape index (κ2) is 7.97. The van der Waals surface area contributed by atoms with Crippen LogP contribution in [-0.2, 0) is 9.59 Å². The number of benzene rings is 2. The number of carbonyl (C=O) groups is 2. The van der Waals surface area contributed by atoms with Gasteiger partial charge in [0.2, 0.25) is 11.0 Å². The lowest BCUT2D eigenvalue weighted by atomic mass is 9.87. The van der Waals surface area contributed by atoms with Gasteiger partial charge in [-0.05, 0) is 29.8 Å². The Morgan fingerprint density at radius 3 is 2.91 bits per heavy atom. The number of primary amides is 1. The van der Waals surface area contributed by atoms with E-state index in [2.05, 4.69) is 15.4 Å². The maximum Gasteiger partial charge on any atom is 0.255 e. The fourth-order valence-electron chi connectivity index (χ4n) is 3.78. The van der Waals surface area contributed by atoms with E-state index >= 15 is 0 Å². The van der Waals surface area contributed by atoms with Crippen LogP contribution in [0.3, 0.4) is 0 Å². The van der Waals surface area contributed by atoms with Crippen LogP contribution in [0.25, 0.3) is 15.3 Å². The van der Waals surface area contributed by atoms with Crippen LogP contribution in [0.1, 0.15) is 23.5 Å². The van der Waals surface area contributed by atoms with Gasteiger partial charge < -0.3 is 20.5 Å². The van der Waals surface area contributed by atoms with Crippen molar-refractivity contribution in [1.29, 1.82) is 0 Å². The van der Waals surface area contributed by atoms with Gasteiger partial charge in [0.05, 0.1) is 23.5 Å². The van der Waals surface area contributed by atoms with Gasteiger partial charge in [0, 0.05) is 17.9 Å². The first kappa shape index (κ1) is 20.0. The molecule has 0 aliphatic carbocycles. The minimum atomic E-state index is -0.577. The Hall–Kier alpha value is -3.92. The van der Waals surface area contributed by atoms with Crippen molar-refractivity contribution in [3.8, 4) is 16.6 Å². The summed E-state index contributed by atoms with van der Waals surface area (Å²) in [5.41, 5.74) is 7.80. The summed E-state index contributed by atoms with van der Waals surface area (Å²) in [7, 11) is 1.51. The highest BCUT2D eigenvalue weighted by atomic mass is 32.1. The Kier molecular flexibility index (Phi) is 4.98. The van der Waals surface area contributed by atoms with Gasteiger partial charge in [-0.15, -0.1) is 0 Å². The lowest BCUT2D eigenvalue weighted by molar-refractivity contribution is -0.120. The molecule has 4 aromatic rings. The van der Waals surface area contributed by atoms with Crippen molar-refractivity contribution >= 4 is 39.2 Å². The first-order valence-electron chi connectivity index (χ1n) is 9.86. The lowest BCUT2D eigenvalue weighted by Gasteiger charge is -2.24. The first-order valence-corrected chi connectivity index (χ1v) is 10.7. The molecule has 0 saturated heterocycles. The number of carbonyl (C=O) groups excluding carboxylic acids is 2. The monoisotopic (exact) mass is 449 g/mol. The summed E-state index contributed by atoms with van der Waals surface area (Å²) in [5, 5.41) is 8.15. The van der Waals surface area contributed by atoms with Gasteiger partial charge in [0.1, 0.15) is 5.82 Å². The van der Waals surface area contributed by atoms with Gasteiger partial charge >= 0.3 is 0 Å². The van der Waals surface area contributed by atoms with E-state index in [1.54, 1.807) is 23.0 Å². The standard InChI is InChI=1S/C22H19N5O4S/c1-30-17-8-12(6-7-16(17)31-11-19(23)28)13-9-20(29)26-21-14(13)10-24-27(21)22-25-15-4-2-3-5-18(15)32-22/h2-8,10,13H,9,11H2,1H3,(H2,23,28)(H,26,29)/t13-/m1/s1. The van der Waals surface area contributed by atoms with E-state index in [0.29, 0.717) is 22.4 Å². The Morgan fingerprint density at radius 2 is 2.12 bits per heavy atom. The van der Waals surface area contributed by atoms with Crippen LogP contribution in [0.2, 0.25) is 0 Å². The third-order valence-corrected chi connectivity index (χ3v) is 6.26. The van der Waals surface area contributed by atoms with Crippen molar-refractivity contribution in [1.82, 2.24) is 14.8 Å². The Bertz CT molecular complexity index is 1310. The molecule has 1 aliphatic heterocycles. The molecule has 1 atom stereocenters. The fraction of sp³-hybridized carbons (Fsp3) is 0.182. The van der Waals surface area contributed by atoms with E-state index in [1.807, 2.05) is 30.3 Å². The normalized spacial score (nSPS) is 15.3. The van der Waals surface area contributed by atoms with E-state index in [1.165, 1.54) is 18.4 Å². The minimum absolute atomic E-state index is 0.113. The van der Waals surface area contributed by atoms with E-state index < -0.39 is 5.91 Å². The number of fused-ring (bicyclic) bond motifs is 2. The second-order valence-electron chi connectivity index (χ2n) is 7.29. The molecule has 1 aliphatic rings. The second-order valence-corrected chi connectivity index (χ2v) is 8.30. The van der Waals surface area contributed by atoms with E-state index in [-0.39, 0.29) is 24.9 Å². The lowest BCUT2D eigenvalue weighted by Crippen LogP contribution is -2.24. The third kappa shape index (κ3) is 3.54. The maximum atomic E-state index is 12.6. The quantitative estimate of drug-likeness (QED) is 0.467. The Labute approximate surface area is 186 Å². The van der Waals surface area contributed by atoms with Crippen LogP contribution in [0.5, 0.6) is 11.5 Å². The summed E-state index contributed by atoms with van der Waals surface area (Å²) in [6.07, 6.45) is 2.03. The topological polar surface area (TPSA) is 121 Å². The predicted molar refractivity (Wildman–Crippen MR) is 120 cm³/mol. The summed E-state index contributed by atoms with van der Waals surface area (Å²) < 4.78 is 13.6. The number of nitrogens with two attached hydrogens (primary N) is 1. The zero-order valence-electron chi connectivity index (χ0n) is 17.1. The van der Waals surface area contributed by atoms with Crippen LogP contribution in [0.15, 0.2) is 48.7 Å². The highest BCUT2D eigenvalue weighted by Gasteiger charge is 2.31. The number of methoxy groups -OCH3 is 1. The summed E-state index contributed by atoms with van der Waals surface area (Å²) in [6.45, 7) is -0.249. The van der Waals surface area contributed by atoms with Crippen molar-refractivity contribution in [2.45, 2.75) is 12.3 Å². The maximum absolute atomic E-state index is 12.6. The smallest absolute Gasteiger partial charge is 0.255 e. The number of hydrogen-bond donors (Lipinski definition) is 2. The number of nitrogens with one attached hydrogen (secondary N) is 1. The Morgan fingerprint density at radius 1 is 1.28 bits per heavy atom. The number of ether oxygens (including phenoxy) is 2. The fourth-order valence-corrected chi connectivity index (χ4v) is 4.71. The molecule has 0 fully saturated rings. The molecular weight excluding hydrogens is 430 g/mol. The molecule has 2 amide bonds. The molecule has 0 saturated carbocycles. The van der Waals surface area contributed by atoms with Crippen molar-refractivity contribution < 1.29 is 19.1 Å². The van der Waals surface area contributed by atoms with Gasteiger partial charge in [-0.2, -0.15) is 9.78 Å². The number of thiazole rings is 1. The van der Waals surface area contributed by atoms with E-state index in [9.17, 15) is 9.59 Å². The van der Waals surface area contributed by atoms with Crippen LogP contribution >= 0.6 is 11.3 Å². The molecule has 0 bridgehead atoms. The van der Waals surface area contributed by atoms with E-state index in [0.717, 1.165) is 21.3 Å². The number of hydrogen-bond acceptors (Lipinski definition) is 7. The van der Waals surface area contributed by atoms with E-state index in [4.69, 9.17) is 15.2 Å². The minimum Gasteiger partial charge on any atom is -0.493 e. The van der Waals surface area contributed by atoms with Crippen LogP contribution < -0.4 is 20.5 Å². The number of para-hydroxylation sites is 1. The Balaban J connectivity index is 1.53. The molecule has 2 aromatic heterocycles. The largest absolute Gasteiger partial charge is 0.493 e. The molecule has 2 aromatic carbocycles. The van der Waals surface area contributed by atoms with Gasteiger partial charge in [-0.3, -0.25) is 9.59 Å². The van der Waals surface area contributed by atoms with Crippen LogP contribution in [-0.4, -0.2) is 40.3 Å². The molecular formula is C22H19N5O4S. The van der Waals surface area contributed by atoms with Gasteiger partial charge in [-0.25, -0.2) is 4.98 Å². The predicted octanol–water partition coefficient (Wildman–Crippen LogP) is 2.83. The average Bonchev–Trinajstić information content (AvgIpc) is 3.40. The van der Waals surface area contributed by atoms with Crippen LogP contribution in [0, 0.1) is 0 Å². The number of amides is 2. The molecule has 5 rings (SSSR count). The molecule has 3 heterocycles. The average molecular weight is 449 g/mol. The molecule has 3 N–H and O–H groups in total. The molecule has 9 nitrogen and oxygen atoms in total. The molecule has 0 unspecified atom stereocenters. The SMILES string of the molecule is COc1cc([C@H]2CC(=O)Nc3c2cnn3-c2nc3ccccc3s2)ccc1OCC(N)=O. The van der Waals surface area contributed by atoms with Crippen molar-refractivity contribution in [2.75, 3.05) is 19.0 Å². The van der Waals surface area contributed by atoms with Crippen molar-refractivity contribution in [3.05, 3.63) is 59.8 Å². The summed E-state index contributed by atoms with van der Waals surface area (Å²) in [6, 6.07) is 13.2. The highest BCUT2D eigenvalue weighted by molar-refractivity contribution is 7.20. The summed E-state index contributed by atoms with van der Waals surface area (Å²) >= 11 is 1.51. The summed E-state index contributed by atoms with van der Waals surface area (Å²) in [4.78, 5) is 28.3. The molecule has 10 heteroatoms.